The first-order valence-electron chi connectivity index (χ1n) is 7.77. The summed E-state index contributed by atoms with van der Waals surface area (Å²) in [4.78, 5) is 0. The molecule has 0 radical (unpaired) electrons. The van der Waals surface area contributed by atoms with E-state index >= 15 is 0 Å². The molecule has 3 rings (SSSR count). The van der Waals surface area contributed by atoms with Crippen LogP contribution in [0.3, 0.4) is 0 Å². The number of halogens is 1. The Bertz CT molecular complexity index is 760. The molecule has 3 aromatic rings. The molecule has 3 aromatic carbocycles. The summed E-state index contributed by atoms with van der Waals surface area (Å²) < 4.78 is 0. The molecule has 118 valence electrons. The highest BCUT2D eigenvalue weighted by molar-refractivity contribution is 5.86. The van der Waals surface area contributed by atoms with Gasteiger partial charge in [0.2, 0.25) is 0 Å². The molecule has 0 heterocycles. The lowest BCUT2D eigenvalue weighted by Gasteiger charge is -2.15. The summed E-state index contributed by atoms with van der Waals surface area (Å²) in [6.07, 6.45) is 4.33. The van der Waals surface area contributed by atoms with Gasteiger partial charge in [-0.3, -0.25) is 0 Å². The molecule has 23 heavy (non-hydrogen) atoms. The smallest absolute Gasteiger partial charge is 0.0300 e. The second-order valence-electron chi connectivity index (χ2n) is 5.51. The van der Waals surface area contributed by atoms with Crippen LogP contribution in [0.15, 0.2) is 78.9 Å². The van der Waals surface area contributed by atoms with E-state index < -0.39 is 0 Å². The number of nitrogens with one attached hydrogen (secondary N) is 1. The maximum Gasteiger partial charge on any atom is 0.0300 e. The molecule has 0 aliphatic carbocycles. The molecular formula is C21H22ClN. The monoisotopic (exact) mass is 323 g/mol. The topological polar surface area (TPSA) is 12.0 Å². The van der Waals surface area contributed by atoms with E-state index in [4.69, 9.17) is 0 Å². The minimum atomic E-state index is 0. The Morgan fingerprint density at radius 1 is 0.870 bits per heavy atom. The Hall–Kier alpha value is -2.09. The van der Waals surface area contributed by atoms with E-state index in [1.165, 1.54) is 21.9 Å². The molecule has 0 fully saturated rings. The van der Waals surface area contributed by atoms with E-state index in [0.29, 0.717) is 6.04 Å². The molecule has 0 saturated heterocycles. The molecule has 0 amide bonds. The van der Waals surface area contributed by atoms with Gasteiger partial charge in [-0.15, -0.1) is 12.4 Å². The number of hydrogen-bond donors (Lipinski definition) is 1. The highest BCUT2D eigenvalue weighted by Gasteiger charge is 2.07. The maximum atomic E-state index is 3.57. The fraction of sp³-hybridized carbons (Fsp3) is 0.143. The van der Waals surface area contributed by atoms with E-state index in [-0.39, 0.29) is 12.4 Å². The fourth-order valence-corrected chi connectivity index (χ4v) is 2.74. The van der Waals surface area contributed by atoms with Gasteiger partial charge in [0.05, 0.1) is 0 Å². The van der Waals surface area contributed by atoms with Gasteiger partial charge in [-0.1, -0.05) is 84.9 Å². The number of fused-ring (bicyclic) bond motifs is 1. The van der Waals surface area contributed by atoms with Crippen LogP contribution < -0.4 is 5.32 Å². The predicted octanol–water partition coefficient (Wildman–Crippen LogP) is 5.63. The second-order valence-corrected chi connectivity index (χ2v) is 5.51. The van der Waals surface area contributed by atoms with Crippen LogP contribution in [0.4, 0.5) is 0 Å². The van der Waals surface area contributed by atoms with Gasteiger partial charge in [0.1, 0.15) is 0 Å². The van der Waals surface area contributed by atoms with Gasteiger partial charge in [-0.2, -0.15) is 0 Å². The first kappa shape index (κ1) is 17.3. The normalized spacial score (nSPS) is 12.2. The zero-order valence-corrected chi connectivity index (χ0v) is 14.1. The zero-order chi connectivity index (χ0) is 15.2. The van der Waals surface area contributed by atoms with Crippen molar-refractivity contribution in [3.8, 4) is 0 Å². The van der Waals surface area contributed by atoms with Crippen LogP contribution in [0.5, 0.6) is 0 Å². The molecule has 0 unspecified atom stereocenters. The zero-order valence-electron chi connectivity index (χ0n) is 13.3. The van der Waals surface area contributed by atoms with Crippen molar-refractivity contribution in [2.75, 3.05) is 6.54 Å². The molecule has 0 aromatic heterocycles. The third kappa shape index (κ3) is 4.44. The van der Waals surface area contributed by atoms with Crippen molar-refractivity contribution in [3.63, 3.8) is 0 Å². The molecule has 0 bridgehead atoms. The van der Waals surface area contributed by atoms with Crippen LogP contribution in [0.1, 0.15) is 24.1 Å². The van der Waals surface area contributed by atoms with E-state index in [9.17, 15) is 0 Å². The molecule has 0 spiro atoms. The fourth-order valence-electron chi connectivity index (χ4n) is 2.74. The standard InChI is InChI=1S/C21H21N.ClH/c1-17(22-16-8-11-18-9-3-2-4-10-18)20-15-7-13-19-12-5-6-14-21(19)20;/h2-15,17,22H,16H2,1H3;1H/t17-;/m1./s1. The average molecular weight is 324 g/mol. The van der Waals surface area contributed by atoms with E-state index in [0.717, 1.165) is 6.54 Å². The highest BCUT2D eigenvalue weighted by Crippen LogP contribution is 2.23. The van der Waals surface area contributed by atoms with Gasteiger partial charge in [0.15, 0.2) is 0 Å². The van der Waals surface area contributed by atoms with Crippen molar-refractivity contribution in [3.05, 3.63) is 90.0 Å². The van der Waals surface area contributed by atoms with Crippen molar-refractivity contribution >= 4 is 29.3 Å². The van der Waals surface area contributed by atoms with Crippen molar-refractivity contribution < 1.29 is 0 Å². The maximum absolute atomic E-state index is 3.57. The average Bonchev–Trinajstić information content (AvgIpc) is 2.59. The third-order valence-electron chi connectivity index (χ3n) is 3.94. The summed E-state index contributed by atoms with van der Waals surface area (Å²) in [5.74, 6) is 0. The van der Waals surface area contributed by atoms with Crippen molar-refractivity contribution in [2.45, 2.75) is 13.0 Å². The Kier molecular flexibility index (Phi) is 6.40. The minimum absolute atomic E-state index is 0. The molecule has 1 nitrogen and oxygen atoms in total. The first-order chi connectivity index (χ1) is 10.8. The quantitative estimate of drug-likeness (QED) is 0.642. The minimum Gasteiger partial charge on any atom is -0.307 e. The Labute approximate surface area is 144 Å². The van der Waals surface area contributed by atoms with E-state index in [1.54, 1.807) is 0 Å². The largest absolute Gasteiger partial charge is 0.307 e. The molecule has 1 N–H and O–H groups in total. The first-order valence-corrected chi connectivity index (χ1v) is 7.77. The second kappa shape index (κ2) is 8.52. The Morgan fingerprint density at radius 2 is 1.57 bits per heavy atom. The summed E-state index contributed by atoms with van der Waals surface area (Å²) in [6, 6.07) is 25.8. The number of benzene rings is 3. The van der Waals surface area contributed by atoms with Crippen LogP contribution in [0, 0.1) is 0 Å². The van der Waals surface area contributed by atoms with Crippen LogP contribution in [-0.2, 0) is 0 Å². The van der Waals surface area contributed by atoms with E-state index in [2.05, 4.69) is 91.1 Å². The van der Waals surface area contributed by atoms with Crippen molar-refractivity contribution in [1.29, 1.82) is 0 Å². The molecule has 1 atom stereocenters. The van der Waals surface area contributed by atoms with E-state index in [1.807, 2.05) is 6.07 Å². The summed E-state index contributed by atoms with van der Waals surface area (Å²) in [6.45, 7) is 3.08. The molecule has 2 heteroatoms. The molecule has 0 saturated carbocycles. The Balaban J connectivity index is 0.00000192. The molecular weight excluding hydrogens is 302 g/mol. The number of hydrogen-bond acceptors (Lipinski definition) is 1. The van der Waals surface area contributed by atoms with Crippen molar-refractivity contribution in [1.82, 2.24) is 5.32 Å². The lowest BCUT2D eigenvalue weighted by Crippen LogP contribution is -2.18. The molecule has 0 aliphatic heterocycles. The van der Waals surface area contributed by atoms with Crippen LogP contribution >= 0.6 is 12.4 Å². The van der Waals surface area contributed by atoms with Gasteiger partial charge >= 0.3 is 0 Å². The number of rotatable bonds is 5. The lowest BCUT2D eigenvalue weighted by molar-refractivity contribution is 0.622. The highest BCUT2D eigenvalue weighted by atomic mass is 35.5. The summed E-state index contributed by atoms with van der Waals surface area (Å²) in [7, 11) is 0. The summed E-state index contributed by atoms with van der Waals surface area (Å²) >= 11 is 0. The van der Waals surface area contributed by atoms with Gasteiger partial charge in [0.25, 0.3) is 0 Å². The third-order valence-corrected chi connectivity index (χ3v) is 3.94. The van der Waals surface area contributed by atoms with Crippen molar-refractivity contribution in [2.24, 2.45) is 0 Å². The molecule has 0 aliphatic rings. The van der Waals surface area contributed by atoms with Crippen LogP contribution in [0.25, 0.3) is 16.8 Å². The van der Waals surface area contributed by atoms with Gasteiger partial charge < -0.3 is 5.32 Å². The summed E-state index contributed by atoms with van der Waals surface area (Å²) in [5.41, 5.74) is 2.59. The Morgan fingerprint density at radius 3 is 2.39 bits per heavy atom. The predicted molar refractivity (Wildman–Crippen MR) is 103 cm³/mol. The van der Waals surface area contributed by atoms with Crippen LogP contribution in [-0.4, -0.2) is 6.54 Å². The van der Waals surface area contributed by atoms with Gasteiger partial charge in [0, 0.05) is 12.6 Å². The lowest BCUT2D eigenvalue weighted by atomic mass is 10.00. The van der Waals surface area contributed by atoms with Gasteiger partial charge in [-0.25, -0.2) is 0 Å². The van der Waals surface area contributed by atoms with Crippen LogP contribution in [0.2, 0.25) is 0 Å². The summed E-state index contributed by atoms with van der Waals surface area (Å²) in [5, 5.41) is 6.20. The van der Waals surface area contributed by atoms with Gasteiger partial charge in [-0.05, 0) is 28.8 Å². The SMILES string of the molecule is C[C@@H](NCC=Cc1ccccc1)c1cccc2ccccc12.Cl.